The number of rotatable bonds is 6. The molecule has 0 aliphatic carbocycles. The van der Waals surface area contributed by atoms with Crippen LogP contribution in [0.5, 0.6) is 11.5 Å². The number of hydrogen-bond acceptors (Lipinski definition) is 4. The minimum Gasteiger partial charge on any atom is -0.497 e. The van der Waals surface area contributed by atoms with Crippen molar-refractivity contribution < 1.29 is 18.3 Å². The lowest BCUT2D eigenvalue weighted by Crippen LogP contribution is -2.45. The molecule has 1 aromatic rings. The van der Waals surface area contributed by atoms with E-state index >= 15 is 0 Å². The second-order valence-electron chi connectivity index (χ2n) is 5.04. The van der Waals surface area contributed by atoms with Crippen LogP contribution in [0.1, 0.15) is 18.0 Å². The Morgan fingerprint density at radius 1 is 1.18 bits per heavy atom. The fourth-order valence-corrected chi connectivity index (χ4v) is 2.74. The maximum Gasteiger partial charge on any atom is 0.240 e. The Kier molecular flexibility index (Phi) is 7.85. The van der Waals surface area contributed by atoms with Crippen LogP contribution in [0.2, 0.25) is 0 Å². The van der Waals surface area contributed by atoms with Crippen LogP contribution in [0, 0.1) is 0 Å². The standard InChI is InChI=1S/C15H22F2N2O2.ClH/c1-20-11-3-4-14(21-2)12(9-11)13(10-15(16)17)19-7-5-18-6-8-19;/h3-4,9,13,15,18H,5-8,10H2,1-2H3;1H/t13-;/m1./s1. The molecule has 7 heteroatoms. The lowest BCUT2D eigenvalue weighted by molar-refractivity contribution is 0.0728. The molecule has 0 amide bonds. The summed E-state index contributed by atoms with van der Waals surface area (Å²) in [5.74, 6) is 1.28. The van der Waals surface area contributed by atoms with Crippen LogP contribution < -0.4 is 14.8 Å². The SMILES string of the molecule is COc1ccc(OC)c([C@@H](CC(F)F)N2CCNCC2)c1.Cl. The highest BCUT2D eigenvalue weighted by Crippen LogP contribution is 2.36. The average Bonchev–Trinajstić information content (AvgIpc) is 2.52. The Bertz CT molecular complexity index is 457. The highest BCUT2D eigenvalue weighted by Gasteiger charge is 2.28. The molecule has 0 unspecified atom stereocenters. The molecule has 1 N–H and O–H groups in total. The summed E-state index contributed by atoms with van der Waals surface area (Å²) >= 11 is 0. The van der Waals surface area contributed by atoms with E-state index in [0.29, 0.717) is 11.5 Å². The first-order valence-corrected chi connectivity index (χ1v) is 7.10. The van der Waals surface area contributed by atoms with Crippen molar-refractivity contribution in [3.8, 4) is 11.5 Å². The van der Waals surface area contributed by atoms with Gasteiger partial charge in [-0.2, -0.15) is 0 Å². The van der Waals surface area contributed by atoms with E-state index in [1.165, 1.54) is 0 Å². The van der Waals surface area contributed by atoms with Crippen LogP contribution in [0.15, 0.2) is 18.2 Å². The summed E-state index contributed by atoms with van der Waals surface area (Å²) in [6, 6.07) is 4.99. The lowest BCUT2D eigenvalue weighted by atomic mass is 9.99. The van der Waals surface area contributed by atoms with Crippen LogP contribution in [-0.2, 0) is 0 Å². The van der Waals surface area contributed by atoms with E-state index in [4.69, 9.17) is 9.47 Å². The molecule has 22 heavy (non-hydrogen) atoms. The zero-order valence-corrected chi connectivity index (χ0v) is 13.7. The number of hydrogen-bond donors (Lipinski definition) is 1. The number of nitrogens with one attached hydrogen (secondary N) is 1. The number of nitrogens with zero attached hydrogens (tertiary/aromatic N) is 1. The molecule has 1 fully saturated rings. The number of ether oxygens (including phenoxy) is 2. The molecule has 126 valence electrons. The van der Waals surface area contributed by atoms with Gasteiger partial charge < -0.3 is 14.8 Å². The van der Waals surface area contributed by atoms with Gasteiger partial charge in [0.1, 0.15) is 11.5 Å². The third kappa shape index (κ3) is 4.69. The summed E-state index contributed by atoms with van der Waals surface area (Å²) in [7, 11) is 3.13. The first kappa shape index (κ1) is 18.9. The molecule has 0 spiro atoms. The fraction of sp³-hybridized carbons (Fsp3) is 0.600. The van der Waals surface area contributed by atoms with Gasteiger partial charge in [-0.1, -0.05) is 0 Å². The van der Waals surface area contributed by atoms with E-state index in [2.05, 4.69) is 10.2 Å². The molecule has 1 aliphatic rings. The van der Waals surface area contributed by atoms with E-state index in [-0.39, 0.29) is 24.9 Å². The average molecular weight is 337 g/mol. The van der Waals surface area contributed by atoms with Gasteiger partial charge in [0, 0.05) is 44.2 Å². The highest BCUT2D eigenvalue weighted by molar-refractivity contribution is 5.85. The van der Waals surface area contributed by atoms with Crippen LogP contribution in [0.4, 0.5) is 8.78 Å². The van der Waals surface area contributed by atoms with Crippen LogP contribution in [0.3, 0.4) is 0 Å². The van der Waals surface area contributed by atoms with Crippen molar-refractivity contribution in [3.05, 3.63) is 23.8 Å². The zero-order valence-electron chi connectivity index (χ0n) is 12.9. The fourth-order valence-electron chi connectivity index (χ4n) is 2.74. The minimum atomic E-state index is -2.36. The van der Waals surface area contributed by atoms with Crippen molar-refractivity contribution in [1.29, 1.82) is 0 Å². The van der Waals surface area contributed by atoms with Gasteiger partial charge >= 0.3 is 0 Å². The Morgan fingerprint density at radius 2 is 1.86 bits per heavy atom. The van der Waals surface area contributed by atoms with E-state index in [1.807, 2.05) is 0 Å². The van der Waals surface area contributed by atoms with Crippen molar-refractivity contribution in [2.24, 2.45) is 0 Å². The molecule has 2 rings (SSSR count). The normalized spacial score (nSPS) is 17.0. The molecule has 4 nitrogen and oxygen atoms in total. The van der Waals surface area contributed by atoms with Gasteiger partial charge in [0.2, 0.25) is 6.43 Å². The van der Waals surface area contributed by atoms with Gasteiger partial charge in [0.25, 0.3) is 0 Å². The van der Waals surface area contributed by atoms with Crippen LogP contribution >= 0.6 is 12.4 Å². The van der Waals surface area contributed by atoms with Gasteiger partial charge in [-0.05, 0) is 18.2 Å². The maximum absolute atomic E-state index is 13.0. The topological polar surface area (TPSA) is 33.7 Å². The van der Waals surface area contributed by atoms with E-state index < -0.39 is 6.43 Å². The van der Waals surface area contributed by atoms with E-state index in [9.17, 15) is 8.78 Å². The predicted molar refractivity (Wildman–Crippen MR) is 84.6 cm³/mol. The summed E-state index contributed by atoms with van der Waals surface area (Å²) in [5, 5.41) is 3.24. The summed E-state index contributed by atoms with van der Waals surface area (Å²) in [4.78, 5) is 2.08. The third-order valence-electron chi connectivity index (χ3n) is 3.79. The number of piperazine rings is 1. The molecule has 1 saturated heterocycles. The van der Waals surface area contributed by atoms with E-state index in [1.54, 1.807) is 32.4 Å². The second kappa shape index (κ2) is 9.12. The Labute approximate surface area is 136 Å². The molecule has 1 aromatic carbocycles. The molecular weight excluding hydrogens is 314 g/mol. The first-order valence-electron chi connectivity index (χ1n) is 7.10. The Hall–Kier alpha value is -1.11. The molecule has 0 bridgehead atoms. The summed E-state index contributed by atoms with van der Waals surface area (Å²) in [6.07, 6.45) is -2.57. The van der Waals surface area contributed by atoms with Crippen molar-refractivity contribution in [1.82, 2.24) is 10.2 Å². The smallest absolute Gasteiger partial charge is 0.240 e. The molecular formula is C15H23ClF2N2O2. The highest BCUT2D eigenvalue weighted by atomic mass is 35.5. The minimum absolute atomic E-state index is 0. The van der Waals surface area contributed by atoms with Crippen molar-refractivity contribution >= 4 is 12.4 Å². The van der Waals surface area contributed by atoms with Crippen LogP contribution in [0.25, 0.3) is 0 Å². The number of alkyl halides is 2. The Balaban J connectivity index is 0.00000242. The van der Waals surface area contributed by atoms with Crippen molar-refractivity contribution in [2.45, 2.75) is 18.9 Å². The number of halogens is 3. The molecule has 1 aliphatic heterocycles. The van der Waals surface area contributed by atoms with Gasteiger partial charge in [-0.15, -0.1) is 12.4 Å². The molecule has 0 radical (unpaired) electrons. The summed E-state index contributed by atoms with van der Waals surface area (Å²) in [6.45, 7) is 3.12. The predicted octanol–water partition coefficient (Wildman–Crippen LogP) is 2.73. The van der Waals surface area contributed by atoms with Gasteiger partial charge in [-0.25, -0.2) is 8.78 Å². The third-order valence-corrected chi connectivity index (χ3v) is 3.79. The number of methoxy groups -OCH3 is 2. The van der Waals surface area contributed by atoms with Crippen molar-refractivity contribution in [2.75, 3.05) is 40.4 Å². The monoisotopic (exact) mass is 336 g/mol. The lowest BCUT2D eigenvalue weighted by Gasteiger charge is -2.35. The van der Waals surface area contributed by atoms with Gasteiger partial charge in [-0.3, -0.25) is 4.90 Å². The Morgan fingerprint density at radius 3 is 2.41 bits per heavy atom. The zero-order chi connectivity index (χ0) is 15.2. The van der Waals surface area contributed by atoms with Crippen molar-refractivity contribution in [3.63, 3.8) is 0 Å². The van der Waals surface area contributed by atoms with E-state index in [0.717, 1.165) is 31.7 Å². The second-order valence-corrected chi connectivity index (χ2v) is 5.04. The largest absolute Gasteiger partial charge is 0.497 e. The molecule has 0 aromatic heterocycles. The molecule has 1 atom stereocenters. The summed E-state index contributed by atoms with van der Waals surface area (Å²) in [5.41, 5.74) is 0.763. The van der Waals surface area contributed by atoms with Crippen LogP contribution in [-0.4, -0.2) is 51.7 Å². The quantitative estimate of drug-likeness (QED) is 0.866. The summed E-state index contributed by atoms with van der Waals surface area (Å²) < 4.78 is 36.6. The maximum atomic E-state index is 13.0. The molecule has 0 saturated carbocycles. The number of benzene rings is 1. The van der Waals surface area contributed by atoms with Gasteiger partial charge in [0.15, 0.2) is 0 Å². The van der Waals surface area contributed by atoms with Gasteiger partial charge in [0.05, 0.1) is 14.2 Å². The first-order chi connectivity index (χ1) is 10.2. The molecule has 1 heterocycles.